The fraction of sp³-hybridized carbons (Fsp3) is 0.444. The Hall–Kier alpha value is -2.38. The second kappa shape index (κ2) is 9.19. The first-order chi connectivity index (χ1) is 12.0. The minimum Gasteiger partial charge on any atom is -0.497 e. The molecule has 0 radical (unpaired) electrons. The maximum Gasteiger partial charge on any atom is 0.223 e. The molecule has 0 aromatic heterocycles. The lowest BCUT2D eigenvalue weighted by Gasteiger charge is -2.31. The smallest absolute Gasteiger partial charge is 0.223 e. The zero-order valence-corrected chi connectivity index (χ0v) is 14.4. The number of methoxy groups -OCH3 is 1. The lowest BCUT2D eigenvalue weighted by molar-refractivity contribution is -0.127. The molecule has 0 fully saturated rings. The summed E-state index contributed by atoms with van der Waals surface area (Å²) in [7, 11) is 1.59. The van der Waals surface area contributed by atoms with Crippen LogP contribution in [-0.2, 0) is 20.9 Å². The van der Waals surface area contributed by atoms with E-state index in [2.05, 4.69) is 10.6 Å². The molecule has 0 bridgehead atoms. The third-order valence-corrected chi connectivity index (χ3v) is 3.84. The zero-order chi connectivity index (χ0) is 18.2. The first-order valence-electron chi connectivity index (χ1n) is 8.13. The molecule has 0 spiro atoms. The number of rotatable bonds is 7. The van der Waals surface area contributed by atoms with Crippen molar-refractivity contribution in [3.05, 3.63) is 42.0 Å². The molecule has 2 rings (SSSR count). The minimum atomic E-state index is -0.565. The van der Waals surface area contributed by atoms with E-state index in [1.54, 1.807) is 19.3 Å². The van der Waals surface area contributed by atoms with Gasteiger partial charge in [-0.25, -0.2) is 0 Å². The Labute approximate surface area is 147 Å². The molecule has 0 saturated carbocycles. The lowest BCUT2D eigenvalue weighted by Crippen LogP contribution is -2.48. The largest absolute Gasteiger partial charge is 0.497 e. The summed E-state index contributed by atoms with van der Waals surface area (Å²) in [4.78, 5) is 23.2. The molecule has 0 unspecified atom stereocenters. The van der Waals surface area contributed by atoms with Gasteiger partial charge in [0.1, 0.15) is 11.9 Å². The van der Waals surface area contributed by atoms with Gasteiger partial charge in [0.25, 0.3) is 0 Å². The highest BCUT2D eigenvalue weighted by molar-refractivity contribution is 5.77. The number of nitrogens with one attached hydrogen (secondary N) is 2. The van der Waals surface area contributed by atoms with Crippen LogP contribution in [0.2, 0.25) is 0 Å². The SMILES string of the molecule is COc1cccc(CNC(=O)C[C@@H]2C=C[C@@H](NC(C)=O)[C@@H](CO)O2)c1. The van der Waals surface area contributed by atoms with Gasteiger partial charge in [-0.05, 0) is 17.7 Å². The van der Waals surface area contributed by atoms with Crippen LogP contribution < -0.4 is 15.4 Å². The molecule has 7 heteroatoms. The average Bonchev–Trinajstić information content (AvgIpc) is 2.61. The summed E-state index contributed by atoms with van der Waals surface area (Å²) in [6.07, 6.45) is 2.63. The van der Waals surface area contributed by atoms with E-state index in [9.17, 15) is 14.7 Å². The Morgan fingerprint density at radius 3 is 2.80 bits per heavy atom. The second-order valence-corrected chi connectivity index (χ2v) is 5.84. The van der Waals surface area contributed by atoms with Crippen molar-refractivity contribution < 1.29 is 24.2 Å². The molecule has 1 aliphatic heterocycles. The normalized spacial score (nSPS) is 22.3. The molecule has 3 atom stereocenters. The zero-order valence-electron chi connectivity index (χ0n) is 14.4. The van der Waals surface area contributed by atoms with Gasteiger partial charge in [-0.15, -0.1) is 0 Å². The fourth-order valence-corrected chi connectivity index (χ4v) is 2.61. The number of amides is 2. The lowest BCUT2D eigenvalue weighted by atomic mass is 10.0. The fourth-order valence-electron chi connectivity index (χ4n) is 2.61. The molecule has 25 heavy (non-hydrogen) atoms. The van der Waals surface area contributed by atoms with Gasteiger partial charge in [0.05, 0.1) is 32.3 Å². The van der Waals surface area contributed by atoms with E-state index in [1.165, 1.54) is 6.92 Å². The monoisotopic (exact) mass is 348 g/mol. The van der Waals surface area contributed by atoms with Crippen LogP contribution in [0.1, 0.15) is 18.9 Å². The molecule has 1 aliphatic rings. The van der Waals surface area contributed by atoms with Gasteiger partial charge < -0.3 is 25.2 Å². The minimum absolute atomic E-state index is 0.143. The second-order valence-electron chi connectivity index (χ2n) is 5.84. The number of hydrogen-bond donors (Lipinski definition) is 3. The van der Waals surface area contributed by atoms with Crippen LogP contribution >= 0.6 is 0 Å². The van der Waals surface area contributed by atoms with Crippen LogP contribution in [0, 0.1) is 0 Å². The molecule has 0 saturated heterocycles. The van der Waals surface area contributed by atoms with Gasteiger partial charge in [-0.3, -0.25) is 9.59 Å². The van der Waals surface area contributed by atoms with Crippen molar-refractivity contribution in [3.63, 3.8) is 0 Å². The molecule has 1 aromatic carbocycles. The molecular weight excluding hydrogens is 324 g/mol. The number of aliphatic hydroxyl groups is 1. The molecule has 3 N–H and O–H groups in total. The maximum atomic E-state index is 12.1. The van der Waals surface area contributed by atoms with Crippen molar-refractivity contribution >= 4 is 11.8 Å². The molecule has 1 aromatic rings. The number of hydrogen-bond acceptors (Lipinski definition) is 5. The highest BCUT2D eigenvalue weighted by Gasteiger charge is 2.28. The Morgan fingerprint density at radius 2 is 2.12 bits per heavy atom. The molecule has 1 heterocycles. The van der Waals surface area contributed by atoms with E-state index in [-0.39, 0.29) is 24.8 Å². The van der Waals surface area contributed by atoms with Gasteiger partial charge in [-0.1, -0.05) is 24.3 Å². The number of ether oxygens (including phenoxy) is 2. The molecule has 0 aliphatic carbocycles. The van der Waals surface area contributed by atoms with Crippen molar-refractivity contribution in [2.45, 2.75) is 38.1 Å². The van der Waals surface area contributed by atoms with Gasteiger partial charge in [0.2, 0.25) is 11.8 Å². The van der Waals surface area contributed by atoms with Crippen LogP contribution in [0.5, 0.6) is 5.75 Å². The summed E-state index contributed by atoms with van der Waals surface area (Å²) < 4.78 is 10.8. The quantitative estimate of drug-likeness (QED) is 0.624. The van der Waals surface area contributed by atoms with Gasteiger partial charge in [0, 0.05) is 13.5 Å². The number of aliphatic hydroxyl groups excluding tert-OH is 1. The van der Waals surface area contributed by atoms with E-state index in [0.717, 1.165) is 11.3 Å². The van der Waals surface area contributed by atoms with Crippen LogP contribution in [0.4, 0.5) is 0 Å². The van der Waals surface area contributed by atoms with Crippen LogP contribution in [0.25, 0.3) is 0 Å². The van der Waals surface area contributed by atoms with Crippen molar-refractivity contribution in [3.8, 4) is 5.75 Å². The summed E-state index contributed by atoms with van der Waals surface area (Å²) in [5.41, 5.74) is 0.937. The Kier molecular flexibility index (Phi) is 6.97. The summed E-state index contributed by atoms with van der Waals surface area (Å²) in [6.45, 7) is 1.56. The van der Waals surface area contributed by atoms with Crippen molar-refractivity contribution in [1.82, 2.24) is 10.6 Å². The van der Waals surface area contributed by atoms with Gasteiger partial charge in [-0.2, -0.15) is 0 Å². The van der Waals surface area contributed by atoms with Crippen molar-refractivity contribution in [2.24, 2.45) is 0 Å². The maximum absolute atomic E-state index is 12.1. The predicted molar refractivity (Wildman–Crippen MR) is 91.9 cm³/mol. The average molecular weight is 348 g/mol. The van der Waals surface area contributed by atoms with Crippen LogP contribution in [0.3, 0.4) is 0 Å². The standard InChI is InChI=1S/C18H24N2O5/c1-12(22)20-16-7-6-15(25-17(16)11-21)9-18(23)19-10-13-4-3-5-14(8-13)24-2/h3-8,15-17,21H,9-11H2,1-2H3,(H,19,23)(H,20,22)/t15-,16+,17+/m0/s1. The van der Waals surface area contributed by atoms with E-state index in [1.807, 2.05) is 24.3 Å². The highest BCUT2D eigenvalue weighted by atomic mass is 16.5. The van der Waals surface area contributed by atoms with E-state index >= 15 is 0 Å². The van der Waals surface area contributed by atoms with Crippen LogP contribution in [-0.4, -0.2) is 48.9 Å². The Bertz CT molecular complexity index is 632. The van der Waals surface area contributed by atoms with Crippen molar-refractivity contribution in [1.29, 1.82) is 0 Å². The number of carbonyl (C=O) groups is 2. The summed E-state index contributed by atoms with van der Waals surface area (Å²) in [6, 6.07) is 7.07. The highest BCUT2D eigenvalue weighted by Crippen LogP contribution is 2.16. The third-order valence-electron chi connectivity index (χ3n) is 3.84. The summed E-state index contributed by atoms with van der Waals surface area (Å²) >= 11 is 0. The summed E-state index contributed by atoms with van der Waals surface area (Å²) in [5, 5.41) is 14.9. The van der Waals surface area contributed by atoms with Gasteiger partial charge in [0.15, 0.2) is 0 Å². The number of carbonyl (C=O) groups excluding carboxylic acids is 2. The Balaban J connectivity index is 1.84. The van der Waals surface area contributed by atoms with Crippen LogP contribution in [0.15, 0.2) is 36.4 Å². The Morgan fingerprint density at radius 1 is 1.32 bits per heavy atom. The predicted octanol–water partition coefficient (Wildman–Crippen LogP) is 0.522. The molecule has 7 nitrogen and oxygen atoms in total. The van der Waals surface area contributed by atoms with E-state index in [0.29, 0.717) is 6.54 Å². The van der Waals surface area contributed by atoms with E-state index < -0.39 is 18.2 Å². The molecule has 2 amide bonds. The van der Waals surface area contributed by atoms with E-state index in [4.69, 9.17) is 9.47 Å². The first kappa shape index (κ1) is 19.0. The van der Waals surface area contributed by atoms with Gasteiger partial charge >= 0.3 is 0 Å². The molecule has 136 valence electrons. The molecular formula is C18H24N2O5. The number of benzene rings is 1. The first-order valence-corrected chi connectivity index (χ1v) is 8.13. The topological polar surface area (TPSA) is 96.9 Å². The third kappa shape index (κ3) is 5.88. The summed E-state index contributed by atoms with van der Waals surface area (Å²) in [5.74, 6) is 0.374. The van der Waals surface area contributed by atoms with Crippen molar-refractivity contribution in [2.75, 3.05) is 13.7 Å².